The molecule has 0 spiro atoms. The molecule has 3 nitrogen and oxygen atoms in total. The fourth-order valence-electron chi connectivity index (χ4n) is 3.21. The minimum atomic E-state index is -0.153. The van der Waals surface area contributed by atoms with E-state index in [-0.39, 0.29) is 5.82 Å². The van der Waals surface area contributed by atoms with Gasteiger partial charge >= 0.3 is 0 Å². The molecule has 2 aromatic rings. The number of nitrogens with one attached hydrogen (secondary N) is 2. The first kappa shape index (κ1) is 16.9. The van der Waals surface area contributed by atoms with Crippen LogP contribution in [-0.4, -0.2) is 18.0 Å². The van der Waals surface area contributed by atoms with Crippen LogP contribution in [0.5, 0.6) is 0 Å². The molecule has 2 N–H and O–H groups in total. The van der Waals surface area contributed by atoms with Gasteiger partial charge in [0, 0.05) is 18.8 Å². The summed E-state index contributed by atoms with van der Waals surface area (Å²) in [6, 6.07) is 15.1. The van der Waals surface area contributed by atoms with E-state index in [4.69, 9.17) is 0 Å². The van der Waals surface area contributed by atoms with Gasteiger partial charge in [-0.1, -0.05) is 37.1 Å². The van der Waals surface area contributed by atoms with Gasteiger partial charge in [0.2, 0.25) is 0 Å². The number of likely N-dealkylation sites (tertiary alicyclic amines) is 1. The van der Waals surface area contributed by atoms with Crippen molar-refractivity contribution in [2.45, 2.75) is 38.8 Å². The molecule has 0 saturated carbocycles. The fourth-order valence-corrected chi connectivity index (χ4v) is 3.21. The van der Waals surface area contributed by atoms with Crippen molar-refractivity contribution < 1.29 is 4.39 Å². The third-order valence-corrected chi connectivity index (χ3v) is 4.55. The molecule has 0 bridgehead atoms. The molecule has 1 heterocycles. The van der Waals surface area contributed by atoms with Crippen LogP contribution in [0.4, 0.5) is 10.1 Å². The normalized spacial score (nSPS) is 15.9. The van der Waals surface area contributed by atoms with Gasteiger partial charge in [0.05, 0.1) is 0 Å². The minimum absolute atomic E-state index is 0.153. The predicted molar refractivity (Wildman–Crippen MR) is 97.0 cm³/mol. The summed E-state index contributed by atoms with van der Waals surface area (Å²) in [7, 11) is 0. The Morgan fingerprint density at radius 1 is 0.875 bits per heavy atom. The van der Waals surface area contributed by atoms with Gasteiger partial charge in [-0.15, -0.1) is 0 Å². The summed E-state index contributed by atoms with van der Waals surface area (Å²) in [5, 5.41) is 0. The van der Waals surface area contributed by atoms with Crippen LogP contribution in [0.1, 0.15) is 36.8 Å². The fraction of sp³-hybridized carbons (Fsp3) is 0.400. The number of hydrogen-bond donors (Lipinski definition) is 2. The molecule has 1 saturated heterocycles. The second kappa shape index (κ2) is 8.81. The van der Waals surface area contributed by atoms with Crippen LogP contribution in [0.3, 0.4) is 0 Å². The van der Waals surface area contributed by atoms with Gasteiger partial charge < -0.3 is 5.43 Å². The quantitative estimate of drug-likeness (QED) is 0.774. The van der Waals surface area contributed by atoms with Gasteiger partial charge in [0.25, 0.3) is 0 Å². The van der Waals surface area contributed by atoms with E-state index in [0.29, 0.717) is 6.54 Å². The Kier molecular flexibility index (Phi) is 6.21. The highest BCUT2D eigenvalue weighted by Crippen LogP contribution is 2.17. The highest BCUT2D eigenvalue weighted by molar-refractivity contribution is 5.41. The van der Waals surface area contributed by atoms with Crippen molar-refractivity contribution in [1.82, 2.24) is 10.3 Å². The topological polar surface area (TPSA) is 27.3 Å². The van der Waals surface area contributed by atoms with E-state index in [0.717, 1.165) is 36.4 Å². The van der Waals surface area contributed by atoms with Crippen molar-refractivity contribution in [3.05, 3.63) is 65.5 Å². The average molecular weight is 327 g/mol. The van der Waals surface area contributed by atoms with E-state index >= 15 is 0 Å². The van der Waals surface area contributed by atoms with Crippen molar-refractivity contribution in [3.63, 3.8) is 0 Å². The molecule has 0 radical (unpaired) electrons. The van der Waals surface area contributed by atoms with E-state index < -0.39 is 0 Å². The summed E-state index contributed by atoms with van der Waals surface area (Å²) in [4.78, 5) is 2.45. The first-order valence-corrected chi connectivity index (χ1v) is 8.85. The number of anilines is 1. The van der Waals surface area contributed by atoms with Gasteiger partial charge in [0.1, 0.15) is 5.82 Å². The molecule has 1 aliphatic heterocycles. The van der Waals surface area contributed by atoms with Crippen molar-refractivity contribution in [2.75, 3.05) is 18.5 Å². The molecule has 0 unspecified atom stereocenters. The van der Waals surface area contributed by atoms with Crippen LogP contribution in [-0.2, 0) is 13.1 Å². The lowest BCUT2D eigenvalue weighted by atomic mass is 10.1. The molecular formula is C20H26FN3. The molecule has 0 amide bonds. The SMILES string of the molecule is Fc1ccc(CNNc2ccccc2)c(CN2CCCCCC2)c1. The number of benzene rings is 2. The number of hydrazine groups is 1. The lowest BCUT2D eigenvalue weighted by Gasteiger charge is -2.22. The van der Waals surface area contributed by atoms with Crippen LogP contribution in [0, 0.1) is 5.82 Å². The molecule has 0 atom stereocenters. The van der Waals surface area contributed by atoms with Gasteiger partial charge in [-0.05, 0) is 61.3 Å². The van der Waals surface area contributed by atoms with E-state index in [1.165, 1.54) is 25.7 Å². The number of para-hydroxylation sites is 1. The first-order chi connectivity index (χ1) is 11.8. The number of rotatable bonds is 6. The zero-order chi connectivity index (χ0) is 16.6. The molecule has 4 heteroatoms. The first-order valence-electron chi connectivity index (χ1n) is 8.85. The highest BCUT2D eigenvalue weighted by atomic mass is 19.1. The summed E-state index contributed by atoms with van der Waals surface area (Å²) < 4.78 is 13.7. The van der Waals surface area contributed by atoms with Crippen LogP contribution in [0.25, 0.3) is 0 Å². The number of hydrogen-bond acceptors (Lipinski definition) is 3. The Labute approximate surface area is 143 Å². The van der Waals surface area contributed by atoms with E-state index in [2.05, 4.69) is 15.8 Å². The Bertz CT molecular complexity index is 622. The second-order valence-corrected chi connectivity index (χ2v) is 6.45. The predicted octanol–water partition coefficient (Wildman–Crippen LogP) is 4.32. The zero-order valence-corrected chi connectivity index (χ0v) is 14.1. The summed E-state index contributed by atoms with van der Waals surface area (Å²) in [5.74, 6) is -0.153. The third kappa shape index (κ3) is 5.05. The maximum Gasteiger partial charge on any atom is 0.123 e. The largest absolute Gasteiger partial charge is 0.321 e. The van der Waals surface area contributed by atoms with Crippen molar-refractivity contribution in [1.29, 1.82) is 0 Å². The molecule has 128 valence electrons. The van der Waals surface area contributed by atoms with Crippen LogP contribution in [0.2, 0.25) is 0 Å². The minimum Gasteiger partial charge on any atom is -0.321 e. The monoisotopic (exact) mass is 327 g/mol. The summed E-state index contributed by atoms with van der Waals surface area (Å²) >= 11 is 0. The molecule has 3 rings (SSSR count). The third-order valence-electron chi connectivity index (χ3n) is 4.55. The Morgan fingerprint density at radius 3 is 2.38 bits per heavy atom. The lowest BCUT2D eigenvalue weighted by molar-refractivity contribution is 0.275. The Morgan fingerprint density at radius 2 is 1.62 bits per heavy atom. The van der Waals surface area contributed by atoms with Crippen LogP contribution >= 0.6 is 0 Å². The maximum absolute atomic E-state index is 13.7. The second-order valence-electron chi connectivity index (χ2n) is 6.45. The molecule has 0 aliphatic carbocycles. The average Bonchev–Trinajstić information content (AvgIpc) is 2.86. The lowest BCUT2D eigenvalue weighted by Crippen LogP contribution is -2.26. The van der Waals surface area contributed by atoms with Gasteiger partial charge in [-0.3, -0.25) is 4.90 Å². The van der Waals surface area contributed by atoms with Crippen molar-refractivity contribution >= 4 is 5.69 Å². The van der Waals surface area contributed by atoms with Crippen molar-refractivity contribution in [2.24, 2.45) is 0 Å². The summed E-state index contributed by atoms with van der Waals surface area (Å²) in [5.41, 5.74) is 9.67. The van der Waals surface area contributed by atoms with Crippen LogP contribution in [0.15, 0.2) is 48.5 Å². The molecule has 24 heavy (non-hydrogen) atoms. The molecular weight excluding hydrogens is 301 g/mol. The number of nitrogens with zero attached hydrogens (tertiary/aromatic N) is 1. The van der Waals surface area contributed by atoms with E-state index in [1.807, 2.05) is 36.4 Å². The standard InChI is InChI=1S/C20H26FN3/c21-19-11-10-17(15-22-23-20-8-4-3-5-9-20)18(14-19)16-24-12-6-1-2-7-13-24/h3-5,8-11,14,22-23H,1-2,6-7,12-13,15-16H2. The molecule has 2 aromatic carbocycles. The molecule has 0 aromatic heterocycles. The van der Waals surface area contributed by atoms with Crippen LogP contribution < -0.4 is 10.9 Å². The Balaban J connectivity index is 1.61. The highest BCUT2D eigenvalue weighted by Gasteiger charge is 2.12. The maximum atomic E-state index is 13.7. The molecule has 1 fully saturated rings. The summed E-state index contributed by atoms with van der Waals surface area (Å²) in [6.45, 7) is 3.73. The zero-order valence-electron chi connectivity index (χ0n) is 14.1. The summed E-state index contributed by atoms with van der Waals surface area (Å²) in [6.07, 6.45) is 5.13. The smallest absolute Gasteiger partial charge is 0.123 e. The van der Waals surface area contributed by atoms with Gasteiger partial charge in [-0.2, -0.15) is 0 Å². The van der Waals surface area contributed by atoms with Gasteiger partial charge in [-0.25, -0.2) is 9.82 Å². The molecule has 1 aliphatic rings. The van der Waals surface area contributed by atoms with Crippen molar-refractivity contribution in [3.8, 4) is 0 Å². The van der Waals surface area contributed by atoms with Gasteiger partial charge in [0.15, 0.2) is 0 Å². The van der Waals surface area contributed by atoms with E-state index in [1.54, 1.807) is 12.1 Å². The van der Waals surface area contributed by atoms with E-state index in [9.17, 15) is 4.39 Å². The Hall–Kier alpha value is -1.91. The number of halogens is 1.